The monoisotopic (exact) mass is 366 g/mol. The van der Waals surface area contributed by atoms with Crippen molar-refractivity contribution in [1.29, 1.82) is 0 Å². The number of hydrogen-bond acceptors (Lipinski definition) is 0. The van der Waals surface area contributed by atoms with Gasteiger partial charge in [0, 0.05) is 0 Å². The van der Waals surface area contributed by atoms with Crippen LogP contribution in [0.15, 0.2) is 77.2 Å². The summed E-state index contributed by atoms with van der Waals surface area (Å²) in [5.41, 5.74) is 3.11. The zero-order chi connectivity index (χ0) is 15.6. The van der Waals surface area contributed by atoms with Crippen LogP contribution in [0.1, 0.15) is 28.1 Å². The first-order valence-corrected chi connectivity index (χ1v) is 13.9. The van der Waals surface area contributed by atoms with Gasteiger partial charge in [0.15, 0.2) is 0 Å². The molecule has 22 heavy (non-hydrogen) atoms. The number of hydrogen-bond donors (Lipinski definition) is 0. The van der Waals surface area contributed by atoms with Gasteiger partial charge < -0.3 is 0 Å². The summed E-state index contributed by atoms with van der Waals surface area (Å²) < 4.78 is 5.27. The number of allylic oxidation sites excluding steroid dienone is 7. The fourth-order valence-corrected chi connectivity index (χ4v) is 20.0. The molecule has 3 atom stereocenters. The molecule has 1 saturated heterocycles. The van der Waals surface area contributed by atoms with Crippen LogP contribution in [0.3, 0.4) is 0 Å². The molecule has 0 aromatic heterocycles. The number of benzene rings is 1. The van der Waals surface area contributed by atoms with Gasteiger partial charge in [0.05, 0.1) is 0 Å². The van der Waals surface area contributed by atoms with Gasteiger partial charge >= 0.3 is 114 Å². The summed E-state index contributed by atoms with van der Waals surface area (Å²) in [4.78, 5) is 0. The Morgan fingerprint density at radius 1 is 1.18 bits per heavy atom. The molecule has 0 saturated carbocycles. The van der Waals surface area contributed by atoms with Gasteiger partial charge in [0.2, 0.25) is 0 Å². The quantitative estimate of drug-likeness (QED) is 0.546. The van der Waals surface area contributed by atoms with E-state index in [1.54, 1.807) is 21.8 Å². The average Bonchev–Trinajstić information content (AvgIpc) is 2.98. The van der Waals surface area contributed by atoms with E-state index >= 15 is 0 Å². The maximum absolute atomic E-state index is 3.36. The third-order valence-corrected chi connectivity index (χ3v) is 19.8. The molecule has 1 aliphatic heterocycles. The molecule has 0 spiro atoms. The Labute approximate surface area is 139 Å². The summed E-state index contributed by atoms with van der Waals surface area (Å²) >= 11 is -2.08. The molecular formula is C21H24Zr. The van der Waals surface area contributed by atoms with E-state index in [0.717, 1.165) is 7.25 Å². The normalized spacial score (nSPS) is 30.1. The van der Waals surface area contributed by atoms with Crippen LogP contribution < -0.4 is 0 Å². The molecule has 0 amide bonds. The van der Waals surface area contributed by atoms with Gasteiger partial charge in [-0.15, -0.1) is 0 Å². The third-order valence-electron chi connectivity index (χ3n) is 5.25. The number of fused-ring (bicyclic) bond motifs is 1. The van der Waals surface area contributed by atoms with E-state index < -0.39 is 20.3 Å². The van der Waals surface area contributed by atoms with Crippen LogP contribution >= 0.6 is 0 Å². The van der Waals surface area contributed by atoms with Crippen LogP contribution in [0.5, 0.6) is 0 Å². The molecular weight excluding hydrogens is 343 g/mol. The molecule has 1 aromatic carbocycles. The predicted octanol–water partition coefficient (Wildman–Crippen LogP) is 6.35. The molecule has 2 aliphatic carbocycles. The van der Waals surface area contributed by atoms with Crippen LogP contribution in [-0.4, -0.2) is 0 Å². The van der Waals surface area contributed by atoms with E-state index in [1.807, 2.05) is 3.28 Å². The predicted molar refractivity (Wildman–Crippen MR) is 94.7 cm³/mol. The summed E-state index contributed by atoms with van der Waals surface area (Å²) in [7, 11) is 0. The Morgan fingerprint density at radius 3 is 2.50 bits per heavy atom. The third kappa shape index (κ3) is 2.61. The molecule has 1 heterocycles. The van der Waals surface area contributed by atoms with Crippen molar-refractivity contribution in [3.63, 3.8) is 0 Å². The fourth-order valence-electron chi connectivity index (χ4n) is 4.02. The Balaban J connectivity index is 0.000000325. The zero-order valence-electron chi connectivity index (χ0n) is 13.3. The molecule has 0 bridgehead atoms. The molecule has 0 radical (unpaired) electrons. The van der Waals surface area contributed by atoms with Gasteiger partial charge in [0.1, 0.15) is 0 Å². The first kappa shape index (κ1) is 15.7. The van der Waals surface area contributed by atoms with Gasteiger partial charge in [-0.1, -0.05) is 25.3 Å². The summed E-state index contributed by atoms with van der Waals surface area (Å²) in [6.45, 7) is 9.23. The van der Waals surface area contributed by atoms with E-state index in [9.17, 15) is 0 Å². The molecule has 1 aromatic rings. The minimum atomic E-state index is -2.08. The van der Waals surface area contributed by atoms with E-state index in [-0.39, 0.29) is 0 Å². The Bertz CT molecular complexity index is 671. The molecule has 112 valence electrons. The summed E-state index contributed by atoms with van der Waals surface area (Å²) in [5.74, 6) is 0. The fraction of sp³-hybridized carbons (Fsp3) is 0.238. The van der Waals surface area contributed by atoms with Crippen molar-refractivity contribution >= 4 is 6.08 Å². The molecule has 0 nitrogen and oxygen atoms in total. The van der Waals surface area contributed by atoms with Crippen molar-refractivity contribution in [2.45, 2.75) is 24.7 Å². The van der Waals surface area contributed by atoms with Gasteiger partial charge in [-0.2, -0.15) is 0 Å². The van der Waals surface area contributed by atoms with Gasteiger partial charge in [-0.3, -0.25) is 0 Å². The van der Waals surface area contributed by atoms with Crippen molar-refractivity contribution < 1.29 is 20.3 Å². The van der Waals surface area contributed by atoms with Crippen LogP contribution in [-0.2, 0) is 20.3 Å². The molecule has 1 fully saturated rings. The summed E-state index contributed by atoms with van der Waals surface area (Å²) in [5, 5.41) is 0. The van der Waals surface area contributed by atoms with Crippen molar-refractivity contribution in [3.05, 3.63) is 88.3 Å². The van der Waals surface area contributed by atoms with Gasteiger partial charge in [-0.25, -0.2) is 0 Å². The van der Waals surface area contributed by atoms with Crippen molar-refractivity contribution in [3.8, 4) is 0 Å². The molecule has 3 unspecified atom stereocenters. The van der Waals surface area contributed by atoms with E-state index in [1.165, 1.54) is 12.0 Å². The topological polar surface area (TPSA) is 0 Å². The van der Waals surface area contributed by atoms with Crippen molar-refractivity contribution in [2.24, 2.45) is 0 Å². The summed E-state index contributed by atoms with van der Waals surface area (Å²) in [6, 6.07) is 9.03. The summed E-state index contributed by atoms with van der Waals surface area (Å²) in [6.07, 6.45) is 16.5. The second-order valence-corrected chi connectivity index (χ2v) is 18.1. The van der Waals surface area contributed by atoms with Crippen molar-refractivity contribution in [1.82, 2.24) is 0 Å². The van der Waals surface area contributed by atoms with E-state index in [2.05, 4.69) is 74.7 Å². The Morgan fingerprint density at radius 2 is 1.91 bits per heavy atom. The number of rotatable bonds is 3. The van der Waals surface area contributed by atoms with Crippen LogP contribution in [0, 0.1) is 0 Å². The maximum atomic E-state index is 3.36. The second kappa shape index (κ2) is 6.51. The molecule has 3 aliphatic rings. The van der Waals surface area contributed by atoms with Crippen LogP contribution in [0.25, 0.3) is 6.08 Å². The average molecular weight is 368 g/mol. The minimum absolute atomic E-state index is 0.816. The van der Waals surface area contributed by atoms with E-state index in [0.29, 0.717) is 0 Å². The Kier molecular flexibility index (Phi) is 4.64. The van der Waals surface area contributed by atoms with Gasteiger partial charge in [-0.05, 0) is 0 Å². The van der Waals surface area contributed by atoms with Crippen molar-refractivity contribution in [2.75, 3.05) is 0 Å². The molecule has 1 heteroatoms. The first-order chi connectivity index (χ1) is 10.7. The Hall–Kier alpha value is -1.20. The SMILES string of the molecule is C=CC=C.C[CH]1[CH2][Zr]1([C]1=CC=CC1)[CH]1C=Cc2ccccc21. The van der Waals surface area contributed by atoms with Gasteiger partial charge in [0.25, 0.3) is 0 Å². The zero-order valence-corrected chi connectivity index (χ0v) is 15.8. The van der Waals surface area contributed by atoms with E-state index in [4.69, 9.17) is 0 Å². The standard InChI is InChI=1S/C9H7.C5H5.C4H6.C3H6.Zr/c1-2-5-9-7-3-6-8(9)4-1;1-2-4-5-3-1;1-3-4-2;1-3-2;/h1-7H;1-3H,4H2;3-4H,1-2H2;3H,1H2,2H3;. The molecule has 0 N–H and O–H groups in total. The molecule has 4 rings (SSSR count). The first-order valence-electron chi connectivity index (χ1n) is 8.10. The second-order valence-electron chi connectivity index (χ2n) is 6.41. The van der Waals surface area contributed by atoms with Crippen LogP contribution in [0.4, 0.5) is 0 Å². The van der Waals surface area contributed by atoms with Crippen LogP contribution in [0.2, 0.25) is 7.75 Å².